The van der Waals surface area contributed by atoms with Crippen molar-refractivity contribution in [3.05, 3.63) is 54.0 Å². The van der Waals surface area contributed by atoms with E-state index < -0.39 is 18.4 Å². The lowest BCUT2D eigenvalue weighted by Gasteiger charge is -2.15. The summed E-state index contributed by atoms with van der Waals surface area (Å²) in [6.07, 6.45) is -1.25. The monoisotopic (exact) mass is 431 g/mol. The number of aromatic nitrogens is 4. The molecule has 0 bridgehead atoms. The average molecular weight is 431 g/mol. The maximum atomic E-state index is 12.9. The fourth-order valence-electron chi connectivity index (χ4n) is 2.77. The van der Waals surface area contributed by atoms with Crippen molar-refractivity contribution in [3.8, 4) is 17.3 Å². The van der Waals surface area contributed by atoms with E-state index in [0.717, 1.165) is 22.7 Å². The lowest BCUT2D eigenvalue weighted by Crippen LogP contribution is -2.23. The van der Waals surface area contributed by atoms with Crippen molar-refractivity contribution in [2.24, 2.45) is 0 Å². The minimum absolute atomic E-state index is 0.0152. The molecule has 2 heterocycles. The molecule has 2 unspecified atom stereocenters. The van der Waals surface area contributed by atoms with Crippen molar-refractivity contribution in [3.63, 3.8) is 0 Å². The Labute approximate surface area is 176 Å². The first-order valence-electron chi connectivity index (χ1n) is 9.29. The first-order valence-corrected chi connectivity index (χ1v) is 9.29. The van der Waals surface area contributed by atoms with Crippen LogP contribution in [0.5, 0.6) is 0 Å². The summed E-state index contributed by atoms with van der Waals surface area (Å²) in [6.45, 7) is 2.87. The molecular weight excluding hydrogens is 411 g/mol. The molecule has 3 N–H and O–H groups in total. The van der Waals surface area contributed by atoms with Gasteiger partial charge in [-0.3, -0.25) is 10.00 Å². The molecule has 2 aromatic heterocycles. The topological polar surface area (TPSA) is 112 Å². The van der Waals surface area contributed by atoms with Gasteiger partial charge in [0.15, 0.2) is 0 Å². The Morgan fingerprint density at radius 3 is 2.58 bits per heavy atom. The van der Waals surface area contributed by atoms with Gasteiger partial charge in [-0.15, -0.1) is 0 Å². The van der Waals surface area contributed by atoms with Gasteiger partial charge in [0, 0.05) is 18.0 Å². The van der Waals surface area contributed by atoms with Gasteiger partial charge in [0.1, 0.15) is 12.3 Å². The fraction of sp³-hybridized carbons (Fsp3) is 0.300. The van der Waals surface area contributed by atoms with Crippen LogP contribution in [0.2, 0.25) is 0 Å². The molecule has 3 rings (SSSR count). The molecule has 0 fully saturated rings. The molecule has 0 spiro atoms. The number of aliphatic hydroxyl groups excluding tert-OH is 1. The van der Waals surface area contributed by atoms with Crippen molar-refractivity contribution in [1.29, 1.82) is 5.26 Å². The van der Waals surface area contributed by atoms with E-state index in [0.29, 0.717) is 16.9 Å². The molecule has 31 heavy (non-hydrogen) atoms. The van der Waals surface area contributed by atoms with E-state index in [2.05, 4.69) is 25.7 Å². The second-order valence-corrected chi connectivity index (χ2v) is 6.84. The molecule has 3 aromatic rings. The molecule has 1 aromatic carbocycles. The van der Waals surface area contributed by atoms with E-state index in [4.69, 9.17) is 5.26 Å². The van der Waals surface area contributed by atoms with Crippen LogP contribution < -0.4 is 10.6 Å². The Morgan fingerprint density at radius 2 is 1.94 bits per heavy atom. The van der Waals surface area contributed by atoms with Gasteiger partial charge < -0.3 is 10.4 Å². The Kier molecular flexibility index (Phi) is 6.53. The standard InChI is InChI=1S/C20H20F3N7O/c1-12-9-26-19(28-16-10-27-30(11-16)13(2)20(21,22)23)29-17(12)14-3-5-15(6-4-14)18(31)25-8-7-24/h3-6,9-11,13,18,25,31H,8H2,1-2H3,(H,26,28,29). The zero-order chi connectivity index (χ0) is 22.6. The third-order valence-corrected chi connectivity index (χ3v) is 4.57. The number of aliphatic hydroxyl groups is 1. The van der Waals surface area contributed by atoms with Crippen LogP contribution in [-0.2, 0) is 0 Å². The first-order chi connectivity index (χ1) is 14.7. The summed E-state index contributed by atoms with van der Waals surface area (Å²) in [5.74, 6) is 0.208. The number of aryl methyl sites for hydroxylation is 1. The van der Waals surface area contributed by atoms with E-state index in [9.17, 15) is 18.3 Å². The first kappa shape index (κ1) is 22.2. The molecule has 0 aliphatic carbocycles. The van der Waals surface area contributed by atoms with Gasteiger partial charge in [-0.05, 0) is 25.0 Å². The Morgan fingerprint density at radius 1 is 1.23 bits per heavy atom. The van der Waals surface area contributed by atoms with E-state index in [1.807, 2.05) is 13.0 Å². The number of benzene rings is 1. The van der Waals surface area contributed by atoms with Crippen LogP contribution in [0.1, 0.15) is 30.3 Å². The van der Waals surface area contributed by atoms with E-state index >= 15 is 0 Å². The minimum atomic E-state index is -4.40. The Hall–Kier alpha value is -3.49. The number of hydrogen-bond donors (Lipinski definition) is 3. The predicted octanol–water partition coefficient (Wildman–Crippen LogP) is 3.62. The van der Waals surface area contributed by atoms with Gasteiger partial charge in [0.05, 0.1) is 30.2 Å². The summed E-state index contributed by atoms with van der Waals surface area (Å²) in [4.78, 5) is 8.64. The zero-order valence-electron chi connectivity index (χ0n) is 16.7. The Bertz CT molecular complexity index is 1070. The van der Waals surface area contributed by atoms with E-state index in [-0.39, 0.29) is 12.5 Å². The molecule has 0 radical (unpaired) electrons. The maximum absolute atomic E-state index is 12.9. The number of anilines is 2. The maximum Gasteiger partial charge on any atom is 0.410 e. The number of halogens is 3. The molecule has 2 atom stereocenters. The number of rotatable bonds is 7. The lowest BCUT2D eigenvalue weighted by molar-refractivity contribution is -0.165. The highest BCUT2D eigenvalue weighted by Gasteiger charge is 2.37. The van der Waals surface area contributed by atoms with Crippen molar-refractivity contribution < 1.29 is 18.3 Å². The third-order valence-electron chi connectivity index (χ3n) is 4.57. The minimum Gasteiger partial charge on any atom is -0.374 e. The fourth-order valence-corrected chi connectivity index (χ4v) is 2.77. The van der Waals surface area contributed by atoms with E-state index in [1.165, 1.54) is 12.4 Å². The largest absolute Gasteiger partial charge is 0.410 e. The number of nitrogens with zero attached hydrogens (tertiary/aromatic N) is 5. The molecule has 0 aliphatic heterocycles. The highest BCUT2D eigenvalue weighted by molar-refractivity contribution is 5.65. The summed E-state index contributed by atoms with van der Waals surface area (Å²) in [5, 5.41) is 27.8. The van der Waals surface area contributed by atoms with Crippen molar-refractivity contribution >= 4 is 11.6 Å². The van der Waals surface area contributed by atoms with Crippen LogP contribution in [-0.4, -0.2) is 37.6 Å². The smallest absolute Gasteiger partial charge is 0.374 e. The number of nitriles is 1. The molecule has 0 amide bonds. The van der Waals surface area contributed by atoms with Gasteiger partial charge in [-0.25, -0.2) is 9.97 Å². The number of hydrogen-bond acceptors (Lipinski definition) is 7. The highest BCUT2D eigenvalue weighted by Crippen LogP contribution is 2.30. The summed E-state index contributed by atoms with van der Waals surface area (Å²) < 4.78 is 39.4. The third kappa shape index (κ3) is 5.36. The second-order valence-electron chi connectivity index (χ2n) is 6.84. The van der Waals surface area contributed by atoms with Gasteiger partial charge in [0.25, 0.3) is 0 Å². The molecule has 11 heteroatoms. The number of alkyl halides is 3. The highest BCUT2D eigenvalue weighted by atomic mass is 19.4. The van der Waals surface area contributed by atoms with Gasteiger partial charge in [-0.2, -0.15) is 23.5 Å². The van der Waals surface area contributed by atoms with Crippen LogP contribution in [0.4, 0.5) is 24.8 Å². The molecular formula is C20H20F3N7O. The summed E-state index contributed by atoms with van der Waals surface area (Å²) in [5.41, 5.74) is 3.10. The summed E-state index contributed by atoms with van der Waals surface area (Å²) in [7, 11) is 0. The molecule has 0 aliphatic rings. The molecule has 0 saturated heterocycles. The number of nitrogens with one attached hydrogen (secondary N) is 2. The van der Waals surface area contributed by atoms with Gasteiger partial charge >= 0.3 is 6.18 Å². The summed E-state index contributed by atoms with van der Waals surface area (Å²) >= 11 is 0. The second kappa shape index (κ2) is 9.11. The van der Waals surface area contributed by atoms with Gasteiger partial charge in [-0.1, -0.05) is 24.3 Å². The molecule has 162 valence electrons. The average Bonchev–Trinajstić information content (AvgIpc) is 3.20. The zero-order valence-corrected chi connectivity index (χ0v) is 16.7. The van der Waals surface area contributed by atoms with Crippen molar-refractivity contribution in [1.82, 2.24) is 25.1 Å². The van der Waals surface area contributed by atoms with Gasteiger partial charge in [0.2, 0.25) is 5.95 Å². The van der Waals surface area contributed by atoms with Crippen LogP contribution in [0.3, 0.4) is 0 Å². The van der Waals surface area contributed by atoms with Crippen molar-refractivity contribution in [2.75, 3.05) is 11.9 Å². The summed E-state index contributed by atoms with van der Waals surface area (Å²) in [6, 6.07) is 7.11. The normalized spacial score (nSPS) is 13.5. The quantitative estimate of drug-likeness (QED) is 0.387. The van der Waals surface area contributed by atoms with Crippen LogP contribution in [0.15, 0.2) is 42.9 Å². The SMILES string of the molecule is Cc1cnc(Nc2cnn(C(C)C(F)(F)F)c2)nc1-c1ccc(C(O)NCC#N)cc1. The van der Waals surface area contributed by atoms with Crippen LogP contribution >= 0.6 is 0 Å². The Balaban J connectivity index is 1.78. The lowest BCUT2D eigenvalue weighted by atomic mass is 10.1. The van der Waals surface area contributed by atoms with Crippen LogP contribution in [0, 0.1) is 18.3 Å². The van der Waals surface area contributed by atoms with Crippen LogP contribution in [0.25, 0.3) is 11.3 Å². The predicted molar refractivity (Wildman–Crippen MR) is 107 cm³/mol. The molecule has 8 nitrogen and oxygen atoms in total. The van der Waals surface area contributed by atoms with E-state index in [1.54, 1.807) is 30.5 Å². The van der Waals surface area contributed by atoms with Crippen molar-refractivity contribution in [2.45, 2.75) is 32.3 Å². The molecule has 0 saturated carbocycles.